The lowest BCUT2D eigenvalue weighted by atomic mass is 9.80. The zero-order chi connectivity index (χ0) is 11.4. The minimum atomic E-state index is 0.588. The van der Waals surface area contributed by atoms with Gasteiger partial charge in [0, 0.05) is 6.54 Å². The largest absolute Gasteiger partial charge is 0.317 e. The van der Waals surface area contributed by atoms with Crippen LogP contribution in [0.25, 0.3) is 0 Å². The third kappa shape index (κ3) is 3.21. The Morgan fingerprint density at radius 3 is 2.38 bits per heavy atom. The molecule has 2 heteroatoms. The van der Waals surface area contributed by atoms with Gasteiger partial charge in [-0.3, -0.25) is 0 Å². The molecule has 1 N–H and O–H groups in total. The number of hydrogen-bond donors (Lipinski definition) is 1. The van der Waals surface area contributed by atoms with E-state index in [1.54, 1.807) is 0 Å². The first-order valence-electron chi connectivity index (χ1n) is 7.15. The number of nitrogens with zero attached hydrogens (tertiary/aromatic N) is 1. The van der Waals surface area contributed by atoms with Crippen molar-refractivity contribution in [1.82, 2.24) is 10.2 Å². The summed E-state index contributed by atoms with van der Waals surface area (Å²) in [6.07, 6.45) is 6.98. The summed E-state index contributed by atoms with van der Waals surface area (Å²) in [6.45, 7) is 11.3. The first kappa shape index (κ1) is 12.4. The Morgan fingerprint density at radius 1 is 1.19 bits per heavy atom. The van der Waals surface area contributed by atoms with Crippen LogP contribution in [-0.2, 0) is 0 Å². The van der Waals surface area contributed by atoms with Crippen LogP contribution in [0.5, 0.6) is 0 Å². The molecule has 2 rings (SSSR count). The van der Waals surface area contributed by atoms with Crippen LogP contribution in [0.3, 0.4) is 0 Å². The van der Waals surface area contributed by atoms with Gasteiger partial charge in [-0.25, -0.2) is 0 Å². The third-order valence-corrected chi connectivity index (χ3v) is 4.70. The third-order valence-electron chi connectivity index (χ3n) is 4.70. The average Bonchev–Trinajstić information content (AvgIpc) is 2.30. The molecule has 0 unspecified atom stereocenters. The SMILES string of the molecule is CCC1CCN(CC2(C)CCNCC2)CC1. The van der Waals surface area contributed by atoms with E-state index in [-0.39, 0.29) is 0 Å². The van der Waals surface area contributed by atoms with Gasteiger partial charge in [-0.2, -0.15) is 0 Å². The fourth-order valence-corrected chi connectivity index (χ4v) is 3.28. The molecule has 0 aromatic rings. The van der Waals surface area contributed by atoms with Crippen molar-refractivity contribution < 1.29 is 0 Å². The van der Waals surface area contributed by atoms with Crippen LogP contribution in [-0.4, -0.2) is 37.6 Å². The van der Waals surface area contributed by atoms with E-state index in [4.69, 9.17) is 0 Å². The van der Waals surface area contributed by atoms with E-state index in [1.165, 1.54) is 64.8 Å². The van der Waals surface area contributed by atoms with Crippen molar-refractivity contribution in [3.05, 3.63) is 0 Å². The number of rotatable bonds is 3. The molecule has 0 amide bonds. The smallest absolute Gasteiger partial charge is 0.00363 e. The van der Waals surface area contributed by atoms with Crippen molar-refractivity contribution >= 4 is 0 Å². The average molecular weight is 224 g/mol. The molecule has 0 atom stereocenters. The molecule has 2 aliphatic heterocycles. The van der Waals surface area contributed by atoms with Crippen molar-refractivity contribution in [2.45, 2.75) is 46.0 Å². The van der Waals surface area contributed by atoms with Gasteiger partial charge in [0.1, 0.15) is 0 Å². The zero-order valence-corrected chi connectivity index (χ0v) is 11.1. The maximum Gasteiger partial charge on any atom is 0.00363 e. The van der Waals surface area contributed by atoms with Crippen LogP contribution in [0.2, 0.25) is 0 Å². The van der Waals surface area contributed by atoms with E-state index < -0.39 is 0 Å². The van der Waals surface area contributed by atoms with Gasteiger partial charge < -0.3 is 10.2 Å². The van der Waals surface area contributed by atoms with E-state index in [0.717, 1.165) is 5.92 Å². The minimum Gasteiger partial charge on any atom is -0.317 e. The quantitative estimate of drug-likeness (QED) is 0.792. The second-order valence-corrected chi connectivity index (χ2v) is 6.19. The zero-order valence-electron chi connectivity index (χ0n) is 11.1. The number of nitrogens with one attached hydrogen (secondary N) is 1. The highest BCUT2D eigenvalue weighted by molar-refractivity contribution is 4.85. The van der Waals surface area contributed by atoms with Gasteiger partial charge in [-0.05, 0) is 63.2 Å². The molecule has 94 valence electrons. The lowest BCUT2D eigenvalue weighted by Gasteiger charge is -2.41. The highest BCUT2D eigenvalue weighted by Gasteiger charge is 2.30. The van der Waals surface area contributed by atoms with Crippen LogP contribution in [0.15, 0.2) is 0 Å². The molecule has 0 aromatic carbocycles. The van der Waals surface area contributed by atoms with Crippen molar-refractivity contribution in [2.24, 2.45) is 11.3 Å². The van der Waals surface area contributed by atoms with Crippen molar-refractivity contribution in [1.29, 1.82) is 0 Å². The summed E-state index contributed by atoms with van der Waals surface area (Å²) < 4.78 is 0. The lowest BCUT2D eigenvalue weighted by Crippen LogP contribution is -2.45. The molecule has 2 heterocycles. The second kappa shape index (κ2) is 5.50. The Bertz CT molecular complexity index is 201. The normalized spacial score (nSPS) is 28.1. The molecule has 0 spiro atoms. The van der Waals surface area contributed by atoms with E-state index >= 15 is 0 Å². The van der Waals surface area contributed by atoms with Crippen LogP contribution < -0.4 is 5.32 Å². The molecule has 16 heavy (non-hydrogen) atoms. The number of likely N-dealkylation sites (tertiary alicyclic amines) is 1. The molecule has 2 aliphatic rings. The summed E-state index contributed by atoms with van der Waals surface area (Å²) >= 11 is 0. The number of piperidine rings is 2. The monoisotopic (exact) mass is 224 g/mol. The summed E-state index contributed by atoms with van der Waals surface area (Å²) in [7, 11) is 0. The van der Waals surface area contributed by atoms with E-state index in [2.05, 4.69) is 24.1 Å². The van der Waals surface area contributed by atoms with Crippen molar-refractivity contribution in [3.63, 3.8) is 0 Å². The van der Waals surface area contributed by atoms with E-state index in [0.29, 0.717) is 5.41 Å². The number of hydrogen-bond acceptors (Lipinski definition) is 2. The molecule has 2 fully saturated rings. The molecule has 0 aliphatic carbocycles. The van der Waals surface area contributed by atoms with E-state index in [9.17, 15) is 0 Å². The van der Waals surface area contributed by atoms with Gasteiger partial charge in [0.15, 0.2) is 0 Å². The Labute approximate surface area is 101 Å². The van der Waals surface area contributed by atoms with Crippen LogP contribution >= 0.6 is 0 Å². The van der Waals surface area contributed by atoms with Gasteiger partial charge in [0.25, 0.3) is 0 Å². The predicted molar refractivity (Wildman–Crippen MR) is 69.7 cm³/mol. The summed E-state index contributed by atoms with van der Waals surface area (Å²) in [5.41, 5.74) is 0.588. The Hall–Kier alpha value is -0.0800. The van der Waals surface area contributed by atoms with Crippen molar-refractivity contribution in [2.75, 3.05) is 32.7 Å². The van der Waals surface area contributed by atoms with E-state index in [1.807, 2.05) is 0 Å². The van der Waals surface area contributed by atoms with Crippen LogP contribution in [0.4, 0.5) is 0 Å². The van der Waals surface area contributed by atoms with Gasteiger partial charge >= 0.3 is 0 Å². The van der Waals surface area contributed by atoms with Crippen molar-refractivity contribution in [3.8, 4) is 0 Å². The Morgan fingerprint density at radius 2 is 1.81 bits per heavy atom. The highest BCUT2D eigenvalue weighted by Crippen LogP contribution is 2.31. The first-order chi connectivity index (χ1) is 7.72. The summed E-state index contributed by atoms with van der Waals surface area (Å²) in [4.78, 5) is 2.72. The topological polar surface area (TPSA) is 15.3 Å². The summed E-state index contributed by atoms with van der Waals surface area (Å²) in [5, 5.41) is 3.47. The molecule has 2 saturated heterocycles. The highest BCUT2D eigenvalue weighted by atomic mass is 15.1. The van der Waals surface area contributed by atoms with Gasteiger partial charge in [0.2, 0.25) is 0 Å². The van der Waals surface area contributed by atoms with Gasteiger partial charge in [-0.15, -0.1) is 0 Å². The molecular formula is C14H28N2. The molecule has 0 bridgehead atoms. The minimum absolute atomic E-state index is 0.588. The van der Waals surface area contributed by atoms with Gasteiger partial charge in [-0.1, -0.05) is 20.3 Å². The van der Waals surface area contributed by atoms with Crippen LogP contribution in [0.1, 0.15) is 46.0 Å². The molecule has 0 saturated carbocycles. The summed E-state index contributed by atoms with van der Waals surface area (Å²) in [6, 6.07) is 0. The first-order valence-corrected chi connectivity index (χ1v) is 7.15. The fraction of sp³-hybridized carbons (Fsp3) is 1.00. The maximum absolute atomic E-state index is 3.47. The standard InChI is InChI=1S/C14H28N2/c1-3-13-4-10-16(11-5-13)12-14(2)6-8-15-9-7-14/h13,15H,3-12H2,1-2H3. The molecular weight excluding hydrogens is 196 g/mol. The summed E-state index contributed by atoms with van der Waals surface area (Å²) in [5.74, 6) is 1.01. The predicted octanol–water partition coefficient (Wildman–Crippen LogP) is 2.50. The second-order valence-electron chi connectivity index (χ2n) is 6.19. The van der Waals surface area contributed by atoms with Gasteiger partial charge in [0.05, 0.1) is 0 Å². The molecule has 2 nitrogen and oxygen atoms in total. The molecule has 0 aromatic heterocycles. The Kier molecular flexibility index (Phi) is 4.26. The molecule has 0 radical (unpaired) electrons. The van der Waals surface area contributed by atoms with Crippen LogP contribution in [0, 0.1) is 11.3 Å². The maximum atomic E-state index is 3.47. The lowest BCUT2D eigenvalue weighted by molar-refractivity contribution is 0.0958. The fourth-order valence-electron chi connectivity index (χ4n) is 3.28. The Balaban J connectivity index is 1.77.